The molecule has 3 rings (SSSR count). The number of amides is 1. The molecule has 0 saturated carbocycles. The van der Waals surface area contributed by atoms with Crippen molar-refractivity contribution in [1.82, 2.24) is 4.90 Å². The first-order valence-electron chi connectivity index (χ1n) is 9.54. The molecule has 0 atom stereocenters. The minimum absolute atomic E-state index is 0.0461. The maximum Gasteiger partial charge on any atom is 0.239 e. The van der Waals surface area contributed by atoms with Gasteiger partial charge in [-0.3, -0.25) is 9.69 Å². The fourth-order valence-electron chi connectivity index (χ4n) is 2.97. The van der Waals surface area contributed by atoms with Crippen LogP contribution in [-0.2, 0) is 11.2 Å². The zero-order valence-corrected chi connectivity index (χ0v) is 18.5. The molecular weight excluding hydrogens is 400 g/mol. The van der Waals surface area contributed by atoms with Gasteiger partial charge in [0.1, 0.15) is 0 Å². The molecule has 2 aromatic carbocycles. The van der Waals surface area contributed by atoms with Gasteiger partial charge >= 0.3 is 0 Å². The highest BCUT2D eigenvalue weighted by atomic mass is 32.2. The number of hydrogen-bond acceptors (Lipinski definition) is 7. The molecule has 1 fully saturated rings. The molecule has 158 valence electrons. The predicted molar refractivity (Wildman–Crippen MR) is 123 cm³/mol. The van der Waals surface area contributed by atoms with E-state index in [0.29, 0.717) is 35.4 Å². The first-order chi connectivity index (χ1) is 14.5. The Kier molecular flexibility index (Phi) is 7.35. The van der Waals surface area contributed by atoms with Crippen molar-refractivity contribution in [2.24, 2.45) is 10.2 Å². The van der Waals surface area contributed by atoms with E-state index in [1.807, 2.05) is 61.5 Å². The predicted octanol–water partition coefficient (Wildman–Crippen LogP) is 3.28. The number of rotatable bonds is 8. The smallest absolute Gasteiger partial charge is 0.239 e. The Morgan fingerprint density at radius 2 is 1.83 bits per heavy atom. The highest BCUT2D eigenvalue weighted by molar-refractivity contribution is 8.15. The topological polar surface area (TPSA) is 66.7 Å². The van der Waals surface area contributed by atoms with Crippen LogP contribution in [0.25, 0.3) is 0 Å². The van der Waals surface area contributed by atoms with Gasteiger partial charge in [0.15, 0.2) is 16.7 Å². The number of benzene rings is 2. The van der Waals surface area contributed by atoms with E-state index in [2.05, 4.69) is 10.2 Å². The number of carbonyl (C=O) groups is 1. The normalized spacial score (nSPS) is 15.3. The number of hydrogen-bond donors (Lipinski definition) is 0. The SMILES string of the molecule is COc1ccc(CCN2C(=O)CS/C2=N/N=C/c2ccc(N(C)C)cc2)cc1OC. The number of ether oxygens (including phenoxy) is 2. The molecule has 0 N–H and O–H groups in total. The summed E-state index contributed by atoms with van der Waals surface area (Å²) in [4.78, 5) is 16.0. The molecule has 1 aliphatic rings. The van der Waals surface area contributed by atoms with Gasteiger partial charge in [-0.1, -0.05) is 30.0 Å². The Hall–Kier alpha value is -3.00. The Labute approximate surface area is 181 Å². The summed E-state index contributed by atoms with van der Waals surface area (Å²) in [6.07, 6.45) is 2.38. The molecule has 1 amide bonds. The van der Waals surface area contributed by atoms with E-state index >= 15 is 0 Å². The van der Waals surface area contributed by atoms with E-state index in [1.165, 1.54) is 11.8 Å². The third-order valence-corrected chi connectivity index (χ3v) is 5.64. The van der Waals surface area contributed by atoms with Gasteiger partial charge in [-0.05, 0) is 41.8 Å². The van der Waals surface area contributed by atoms with Crippen LogP contribution in [0.1, 0.15) is 11.1 Å². The number of methoxy groups -OCH3 is 2. The summed E-state index contributed by atoms with van der Waals surface area (Å²) in [5, 5.41) is 9.09. The van der Waals surface area contributed by atoms with Crippen molar-refractivity contribution in [1.29, 1.82) is 0 Å². The van der Waals surface area contributed by atoms with Crippen LogP contribution < -0.4 is 14.4 Å². The van der Waals surface area contributed by atoms with Crippen molar-refractivity contribution in [3.63, 3.8) is 0 Å². The molecule has 1 saturated heterocycles. The van der Waals surface area contributed by atoms with Crippen LogP contribution in [0.4, 0.5) is 5.69 Å². The fourth-order valence-corrected chi connectivity index (χ4v) is 3.83. The lowest BCUT2D eigenvalue weighted by Crippen LogP contribution is -2.31. The molecule has 0 radical (unpaired) electrons. The number of nitrogens with zero attached hydrogens (tertiary/aromatic N) is 4. The van der Waals surface area contributed by atoms with Crippen LogP contribution in [-0.4, -0.2) is 62.8 Å². The second-order valence-electron chi connectivity index (χ2n) is 6.89. The van der Waals surface area contributed by atoms with Crippen molar-refractivity contribution >= 4 is 34.7 Å². The van der Waals surface area contributed by atoms with Gasteiger partial charge in [0.25, 0.3) is 0 Å². The van der Waals surface area contributed by atoms with E-state index < -0.39 is 0 Å². The van der Waals surface area contributed by atoms with Gasteiger partial charge in [0.2, 0.25) is 5.91 Å². The number of thioether (sulfide) groups is 1. The third kappa shape index (κ3) is 5.33. The zero-order chi connectivity index (χ0) is 21.5. The number of anilines is 1. The molecule has 0 spiro atoms. The molecule has 30 heavy (non-hydrogen) atoms. The van der Waals surface area contributed by atoms with E-state index in [0.717, 1.165) is 16.8 Å². The Morgan fingerprint density at radius 1 is 1.10 bits per heavy atom. The molecule has 7 nitrogen and oxygen atoms in total. The lowest BCUT2D eigenvalue weighted by molar-refractivity contribution is -0.124. The zero-order valence-electron chi connectivity index (χ0n) is 17.7. The molecule has 0 aromatic heterocycles. The molecule has 0 unspecified atom stereocenters. The summed E-state index contributed by atoms with van der Waals surface area (Å²) in [7, 11) is 7.22. The summed E-state index contributed by atoms with van der Waals surface area (Å²) < 4.78 is 10.6. The van der Waals surface area contributed by atoms with Gasteiger partial charge < -0.3 is 14.4 Å². The Balaban J connectivity index is 1.65. The van der Waals surface area contributed by atoms with E-state index in [1.54, 1.807) is 25.3 Å². The summed E-state index contributed by atoms with van der Waals surface area (Å²) in [5.41, 5.74) is 3.13. The van der Waals surface area contributed by atoms with Gasteiger partial charge in [0.05, 0.1) is 26.2 Å². The maximum absolute atomic E-state index is 12.3. The Bertz CT molecular complexity index is 942. The highest BCUT2D eigenvalue weighted by Gasteiger charge is 2.28. The van der Waals surface area contributed by atoms with Crippen LogP contribution >= 0.6 is 11.8 Å². The van der Waals surface area contributed by atoms with Crippen molar-refractivity contribution in [3.05, 3.63) is 53.6 Å². The lowest BCUT2D eigenvalue weighted by Gasteiger charge is -2.16. The van der Waals surface area contributed by atoms with Crippen LogP contribution in [0, 0.1) is 0 Å². The van der Waals surface area contributed by atoms with Crippen molar-refractivity contribution in [2.75, 3.05) is 45.5 Å². The van der Waals surface area contributed by atoms with Crippen molar-refractivity contribution in [3.8, 4) is 11.5 Å². The third-order valence-electron chi connectivity index (χ3n) is 4.69. The van der Waals surface area contributed by atoms with E-state index in [4.69, 9.17) is 9.47 Å². The minimum Gasteiger partial charge on any atom is -0.493 e. The maximum atomic E-state index is 12.3. The molecule has 0 bridgehead atoms. The second kappa shape index (κ2) is 10.2. The minimum atomic E-state index is 0.0461. The molecular formula is C22H26N4O3S. The monoisotopic (exact) mass is 426 g/mol. The standard InChI is InChI=1S/C22H26N4O3S/c1-25(2)18-8-5-17(6-9-18)14-23-24-22-26(21(27)15-30-22)12-11-16-7-10-19(28-3)20(13-16)29-4/h5-10,13-14H,11-12,15H2,1-4H3/b23-14+,24-22+. The summed E-state index contributed by atoms with van der Waals surface area (Å²) in [6, 6.07) is 13.8. The number of amidine groups is 1. The summed E-state index contributed by atoms with van der Waals surface area (Å²) >= 11 is 1.41. The van der Waals surface area contributed by atoms with Crippen LogP contribution in [0.3, 0.4) is 0 Å². The summed E-state index contributed by atoms with van der Waals surface area (Å²) in [6.45, 7) is 0.535. The number of carbonyl (C=O) groups excluding carboxylic acids is 1. The Morgan fingerprint density at radius 3 is 2.50 bits per heavy atom. The van der Waals surface area contributed by atoms with Crippen LogP contribution in [0.2, 0.25) is 0 Å². The van der Waals surface area contributed by atoms with Crippen molar-refractivity contribution < 1.29 is 14.3 Å². The van der Waals surface area contributed by atoms with Gasteiger partial charge in [-0.2, -0.15) is 5.10 Å². The average molecular weight is 427 g/mol. The summed E-state index contributed by atoms with van der Waals surface area (Å²) in [5.74, 6) is 1.79. The fraction of sp³-hybridized carbons (Fsp3) is 0.318. The molecule has 1 heterocycles. The highest BCUT2D eigenvalue weighted by Crippen LogP contribution is 2.28. The first-order valence-corrected chi connectivity index (χ1v) is 10.5. The average Bonchev–Trinajstić information content (AvgIpc) is 3.11. The van der Waals surface area contributed by atoms with Gasteiger partial charge in [0, 0.05) is 26.3 Å². The molecule has 0 aliphatic carbocycles. The largest absolute Gasteiger partial charge is 0.493 e. The van der Waals surface area contributed by atoms with Crippen LogP contribution in [0.15, 0.2) is 52.7 Å². The van der Waals surface area contributed by atoms with Crippen LogP contribution in [0.5, 0.6) is 11.5 Å². The molecule has 1 aliphatic heterocycles. The van der Waals surface area contributed by atoms with E-state index in [-0.39, 0.29) is 5.91 Å². The van der Waals surface area contributed by atoms with Crippen molar-refractivity contribution in [2.45, 2.75) is 6.42 Å². The lowest BCUT2D eigenvalue weighted by atomic mass is 10.1. The van der Waals surface area contributed by atoms with Gasteiger partial charge in [-0.15, -0.1) is 5.10 Å². The van der Waals surface area contributed by atoms with E-state index in [9.17, 15) is 4.79 Å². The first kappa shape index (κ1) is 21.7. The molecule has 8 heteroatoms. The molecule has 2 aromatic rings. The second-order valence-corrected chi connectivity index (χ2v) is 7.83. The van der Waals surface area contributed by atoms with Gasteiger partial charge in [-0.25, -0.2) is 0 Å². The quantitative estimate of drug-likeness (QED) is 0.479.